The van der Waals surface area contributed by atoms with E-state index < -0.39 is 9.84 Å². The number of halogens is 1. The number of nitrogen functional groups attached to an aromatic ring is 1. The molecule has 0 atom stereocenters. The number of hydrogen-bond acceptors (Lipinski definition) is 19. The monoisotopic (exact) mass is 776 g/mol. The molecular weight excluding hydrogens is 758 g/mol. The summed E-state index contributed by atoms with van der Waals surface area (Å²) in [6, 6.07) is 16.6. The van der Waals surface area contributed by atoms with E-state index in [0.29, 0.717) is 45.7 Å². The number of phenolic OH excluding ortho intramolecular Hbond substituents is 1. The van der Waals surface area contributed by atoms with Crippen LogP contribution in [0.2, 0.25) is 5.28 Å². The van der Waals surface area contributed by atoms with Gasteiger partial charge >= 0.3 is 59.1 Å². The first-order chi connectivity index (χ1) is 23.1. The van der Waals surface area contributed by atoms with Gasteiger partial charge in [-0.15, -0.1) is 10.2 Å². The van der Waals surface area contributed by atoms with Gasteiger partial charge in [-0.05, 0) is 77.7 Å². The maximum absolute atomic E-state index is 12.0. The predicted molar refractivity (Wildman–Crippen MR) is 172 cm³/mol. The fourth-order valence-electron chi connectivity index (χ4n) is 4.06. The van der Waals surface area contributed by atoms with Gasteiger partial charge in [-0.1, -0.05) is 12.6 Å². The van der Waals surface area contributed by atoms with Gasteiger partial charge < -0.3 is 32.0 Å². The Hall–Kier alpha value is -2.61. The molecule has 5 aromatic rings. The first-order valence-corrected chi connectivity index (χ1v) is 16.3. The number of rotatable bonds is 14. The van der Waals surface area contributed by atoms with Crippen molar-refractivity contribution in [3.05, 3.63) is 84.0 Å². The van der Waals surface area contributed by atoms with Crippen molar-refractivity contribution >= 4 is 96.6 Å². The summed E-state index contributed by atoms with van der Waals surface area (Å²) < 4.78 is 32.8. The quantitative estimate of drug-likeness (QED) is 0.0271. The van der Waals surface area contributed by atoms with Gasteiger partial charge in [0.15, 0.2) is 9.84 Å². The zero-order valence-corrected chi connectivity index (χ0v) is 33.0. The summed E-state index contributed by atoms with van der Waals surface area (Å²) in [6.45, 7) is 3.31. The van der Waals surface area contributed by atoms with E-state index in [-0.39, 0.29) is 114 Å². The number of nitrogens with zero attached hydrogens (tertiary/aromatic N) is 5. The third-order valence-corrected chi connectivity index (χ3v) is 8.84. The number of aromatic hydroxyl groups is 1. The van der Waals surface area contributed by atoms with E-state index in [0.717, 1.165) is 5.41 Å². The molecule has 5 N–H and O–H groups in total. The summed E-state index contributed by atoms with van der Waals surface area (Å²) in [7, 11) is -3.60. The van der Waals surface area contributed by atoms with Gasteiger partial charge in [-0.25, -0.2) is 8.42 Å². The first-order valence-electron chi connectivity index (χ1n) is 12.9. The van der Waals surface area contributed by atoms with Gasteiger partial charge in [-0.2, -0.15) is 23.6 Å². The Morgan fingerprint density at radius 3 is 2.18 bits per heavy atom. The minimum atomic E-state index is -3.60. The Bertz CT molecular complexity index is 2120. The standard InChI is InChI=1S/C27H21ClN8O9S3.2Na/c1-2-48(40,41)18-7-4-15(5-8-18)30-26-32-25(28)33-27(34-26)31-16-6-10-20(22(12-16)47-45-43-39)35-36-24-19(29)9-3-14-11-17(46-44-42-38)13-21(37)23(14)24;;/h2-13,37-39H,1,29H2,(H2,30,31,32,33,34);;/q;2*+1/p-2. The molecule has 0 aliphatic heterocycles. The minimum absolute atomic E-state index is 0. The fourth-order valence-corrected chi connectivity index (χ4v) is 5.84. The number of aromatic nitrogens is 3. The van der Waals surface area contributed by atoms with Crippen LogP contribution in [0.5, 0.6) is 5.75 Å². The van der Waals surface area contributed by atoms with Crippen LogP contribution in [-0.4, -0.2) is 28.5 Å². The van der Waals surface area contributed by atoms with Crippen LogP contribution < -0.4 is 86.0 Å². The molecule has 0 saturated carbocycles. The molecule has 0 unspecified atom stereocenters. The van der Waals surface area contributed by atoms with Crippen LogP contribution in [0.25, 0.3) is 10.8 Å². The molecule has 0 fully saturated rings. The number of benzene rings is 4. The Kier molecular flexibility index (Phi) is 16.1. The number of fused-ring (bicyclic) bond motifs is 1. The number of phenols is 1. The third kappa shape index (κ3) is 10.7. The van der Waals surface area contributed by atoms with Gasteiger partial charge in [0.1, 0.15) is 17.1 Å². The maximum atomic E-state index is 12.0. The van der Waals surface area contributed by atoms with Crippen LogP contribution in [-0.2, 0) is 28.6 Å². The molecule has 0 bridgehead atoms. The van der Waals surface area contributed by atoms with Crippen LogP contribution in [0, 0.1) is 0 Å². The number of hydrogen-bond donors (Lipinski definition) is 4. The average Bonchev–Trinajstić information content (AvgIpc) is 3.06. The van der Waals surface area contributed by atoms with Crippen molar-refractivity contribution in [2.45, 2.75) is 14.7 Å². The van der Waals surface area contributed by atoms with Crippen molar-refractivity contribution in [2.24, 2.45) is 10.2 Å². The van der Waals surface area contributed by atoms with E-state index in [1.807, 2.05) is 0 Å². The van der Waals surface area contributed by atoms with Crippen LogP contribution in [0.15, 0.2) is 104 Å². The second-order valence-electron chi connectivity index (χ2n) is 9.10. The van der Waals surface area contributed by atoms with Crippen LogP contribution in [0.4, 0.5) is 40.3 Å². The Labute approximate surface area is 341 Å². The summed E-state index contributed by atoms with van der Waals surface area (Å²) in [4.78, 5) is 13.1. The number of nitrogens with two attached hydrogens (primary N) is 1. The molecule has 17 nitrogen and oxygen atoms in total. The van der Waals surface area contributed by atoms with Crippen molar-refractivity contribution in [1.29, 1.82) is 0 Å². The Morgan fingerprint density at radius 2 is 1.52 bits per heavy atom. The second-order valence-corrected chi connectivity index (χ2v) is 12.9. The van der Waals surface area contributed by atoms with E-state index in [1.54, 1.807) is 24.3 Å². The van der Waals surface area contributed by atoms with Gasteiger partial charge in [0, 0.05) is 21.7 Å². The smallest absolute Gasteiger partial charge is 0.691 e. The van der Waals surface area contributed by atoms with Gasteiger partial charge in [0.05, 0.1) is 45.0 Å². The van der Waals surface area contributed by atoms with Crippen molar-refractivity contribution < 1.29 is 102 Å². The molecule has 0 spiro atoms. The van der Waals surface area contributed by atoms with Crippen molar-refractivity contribution in [2.75, 3.05) is 16.4 Å². The van der Waals surface area contributed by atoms with E-state index in [4.69, 9.17) is 17.3 Å². The molecule has 248 valence electrons. The van der Waals surface area contributed by atoms with Crippen molar-refractivity contribution in [3.8, 4) is 5.75 Å². The Morgan fingerprint density at radius 1 is 0.880 bits per heavy atom. The van der Waals surface area contributed by atoms with Crippen molar-refractivity contribution in [3.63, 3.8) is 0 Å². The summed E-state index contributed by atoms with van der Waals surface area (Å²) in [5.41, 5.74) is 7.56. The van der Waals surface area contributed by atoms with Gasteiger partial charge in [-0.3, -0.25) is 10.1 Å². The van der Waals surface area contributed by atoms with Crippen LogP contribution in [0.1, 0.15) is 0 Å². The first kappa shape index (κ1) is 41.8. The molecule has 1 heterocycles. The van der Waals surface area contributed by atoms with Crippen LogP contribution >= 0.6 is 35.7 Å². The molecule has 50 heavy (non-hydrogen) atoms. The normalized spacial score (nSPS) is 11.2. The molecule has 0 amide bonds. The zero-order valence-electron chi connectivity index (χ0n) is 25.8. The SMILES string of the molecule is C=CS(=O)(=O)c1ccc(Nc2nc(Cl)nc(Nc3ccc(N=Nc4c(N)ccc5cc(SOO[O-])cc(O)c45)c(SOO[O-])c3)n2)cc1.[Na+].[Na+]. The average molecular weight is 777 g/mol. The molecular formula is C27H19ClN8Na2O9S3. The predicted octanol–water partition coefficient (Wildman–Crippen LogP) is -0.745. The summed E-state index contributed by atoms with van der Waals surface area (Å²) in [6.07, 6.45) is 0. The van der Waals surface area contributed by atoms with E-state index in [1.165, 1.54) is 42.5 Å². The van der Waals surface area contributed by atoms with Crippen LogP contribution in [0.3, 0.4) is 0 Å². The topological polar surface area (TPSA) is 251 Å². The molecule has 23 heteroatoms. The molecule has 5 rings (SSSR count). The number of nitrogens with one attached hydrogen (secondary N) is 2. The van der Waals surface area contributed by atoms with Crippen molar-refractivity contribution in [1.82, 2.24) is 15.0 Å². The van der Waals surface area contributed by atoms with E-state index in [9.17, 15) is 24.0 Å². The second kappa shape index (κ2) is 19.3. The largest absolute Gasteiger partial charge is 1.00 e. The summed E-state index contributed by atoms with van der Waals surface area (Å²) in [5, 5.41) is 54.2. The third-order valence-electron chi connectivity index (χ3n) is 6.12. The maximum Gasteiger partial charge on any atom is 1.00 e. The zero-order chi connectivity index (χ0) is 34.3. The minimum Gasteiger partial charge on any atom is -0.691 e. The number of azo groups is 1. The van der Waals surface area contributed by atoms with Gasteiger partial charge in [0.25, 0.3) is 0 Å². The molecule has 1 aromatic heterocycles. The molecule has 0 saturated heterocycles. The number of anilines is 5. The molecule has 0 aliphatic carbocycles. The fraction of sp³-hybridized carbons (Fsp3) is 0. The Balaban J connectivity index is 0.00000338. The molecule has 0 radical (unpaired) electrons. The summed E-state index contributed by atoms with van der Waals surface area (Å²) >= 11 is 7.25. The van der Waals surface area contributed by atoms with E-state index >= 15 is 0 Å². The number of sulfone groups is 1. The molecule has 0 aliphatic rings. The summed E-state index contributed by atoms with van der Waals surface area (Å²) in [5.74, 6) is -0.142. The van der Waals surface area contributed by atoms with Gasteiger partial charge in [0.2, 0.25) is 17.2 Å². The molecule has 4 aromatic carbocycles. The van der Waals surface area contributed by atoms with E-state index in [2.05, 4.69) is 61.1 Å².